The highest BCUT2D eigenvalue weighted by Crippen LogP contribution is 2.28. The van der Waals surface area contributed by atoms with Crippen molar-refractivity contribution >= 4 is 0 Å². The maximum absolute atomic E-state index is 5.77. The predicted octanol–water partition coefficient (Wildman–Crippen LogP) is 3.64. The van der Waals surface area contributed by atoms with Crippen LogP contribution in [0.4, 0.5) is 0 Å². The van der Waals surface area contributed by atoms with E-state index in [1.807, 2.05) is 26.0 Å². The van der Waals surface area contributed by atoms with Gasteiger partial charge in [-0.2, -0.15) is 5.10 Å². The van der Waals surface area contributed by atoms with Crippen LogP contribution in [0.5, 0.6) is 11.5 Å². The summed E-state index contributed by atoms with van der Waals surface area (Å²) in [5, 5.41) is 7.96. The van der Waals surface area contributed by atoms with Gasteiger partial charge >= 0.3 is 0 Å². The molecule has 2 aromatic rings. The normalized spacial score (nSPS) is 10.7. The van der Waals surface area contributed by atoms with Crippen molar-refractivity contribution in [2.75, 3.05) is 20.3 Å². The van der Waals surface area contributed by atoms with Gasteiger partial charge in [-0.1, -0.05) is 12.6 Å². The molecule has 0 radical (unpaired) electrons. The minimum absolute atomic E-state index is 0.496. The summed E-state index contributed by atoms with van der Waals surface area (Å²) in [6.45, 7) is 13.1. The highest BCUT2D eigenvalue weighted by molar-refractivity contribution is 5.43. The fraction of sp³-hybridized carbons (Fsp3) is 0.450. The fourth-order valence-corrected chi connectivity index (χ4v) is 2.63. The van der Waals surface area contributed by atoms with Crippen molar-refractivity contribution in [1.82, 2.24) is 15.1 Å². The van der Waals surface area contributed by atoms with Crippen molar-refractivity contribution in [2.45, 2.75) is 40.3 Å². The monoisotopic (exact) mass is 343 g/mol. The quantitative estimate of drug-likeness (QED) is 0.528. The standard InChI is InChI=1S/C20H29N3O2/c1-15(2)14-25-20-12-18(7-8-19(20)24-5)13-21-9-6-10-23-17(4)11-16(3)22-23/h7-8,11-12,21H,1,6,9-10,13-14H2,2-5H3. The minimum atomic E-state index is 0.496. The number of benzene rings is 1. The van der Waals surface area contributed by atoms with Gasteiger partial charge in [0.25, 0.3) is 0 Å². The zero-order valence-corrected chi connectivity index (χ0v) is 15.8. The van der Waals surface area contributed by atoms with Gasteiger partial charge in [0.1, 0.15) is 6.61 Å². The lowest BCUT2D eigenvalue weighted by Crippen LogP contribution is -2.17. The topological polar surface area (TPSA) is 48.3 Å². The van der Waals surface area contributed by atoms with Gasteiger partial charge in [0, 0.05) is 18.8 Å². The van der Waals surface area contributed by atoms with E-state index < -0.39 is 0 Å². The molecule has 0 saturated heterocycles. The maximum Gasteiger partial charge on any atom is 0.161 e. The largest absolute Gasteiger partial charge is 0.493 e. The fourth-order valence-electron chi connectivity index (χ4n) is 2.63. The van der Waals surface area contributed by atoms with E-state index in [2.05, 4.69) is 40.7 Å². The molecular weight excluding hydrogens is 314 g/mol. The number of hydrogen-bond acceptors (Lipinski definition) is 4. The molecule has 1 N–H and O–H groups in total. The molecule has 0 amide bonds. The number of nitrogens with one attached hydrogen (secondary N) is 1. The third-order valence-electron chi connectivity index (χ3n) is 3.86. The van der Waals surface area contributed by atoms with Crippen molar-refractivity contribution in [1.29, 1.82) is 0 Å². The number of rotatable bonds is 10. The van der Waals surface area contributed by atoms with Gasteiger partial charge in [-0.15, -0.1) is 0 Å². The van der Waals surface area contributed by atoms with Crippen LogP contribution in [0.15, 0.2) is 36.4 Å². The number of hydrogen-bond donors (Lipinski definition) is 1. The molecule has 136 valence electrons. The molecule has 0 fully saturated rings. The van der Waals surface area contributed by atoms with Crippen LogP contribution < -0.4 is 14.8 Å². The maximum atomic E-state index is 5.77. The molecule has 25 heavy (non-hydrogen) atoms. The molecule has 0 aliphatic carbocycles. The van der Waals surface area contributed by atoms with Crippen LogP contribution in [0, 0.1) is 13.8 Å². The summed E-state index contributed by atoms with van der Waals surface area (Å²) in [4.78, 5) is 0. The van der Waals surface area contributed by atoms with Crippen molar-refractivity contribution in [3.8, 4) is 11.5 Å². The molecule has 0 unspecified atom stereocenters. The third-order valence-corrected chi connectivity index (χ3v) is 3.86. The zero-order valence-electron chi connectivity index (χ0n) is 15.8. The van der Waals surface area contributed by atoms with Gasteiger partial charge in [0.05, 0.1) is 12.8 Å². The second-order valence-corrected chi connectivity index (χ2v) is 6.41. The number of ether oxygens (including phenoxy) is 2. The van der Waals surface area contributed by atoms with Crippen LogP contribution in [0.25, 0.3) is 0 Å². The second-order valence-electron chi connectivity index (χ2n) is 6.41. The highest BCUT2D eigenvalue weighted by Gasteiger charge is 2.06. The van der Waals surface area contributed by atoms with E-state index in [1.54, 1.807) is 7.11 Å². The molecule has 0 saturated carbocycles. The average Bonchev–Trinajstić information content (AvgIpc) is 2.90. The van der Waals surface area contributed by atoms with Crippen LogP contribution in [-0.4, -0.2) is 30.0 Å². The minimum Gasteiger partial charge on any atom is -0.493 e. The molecule has 0 atom stereocenters. The van der Waals surface area contributed by atoms with E-state index in [9.17, 15) is 0 Å². The average molecular weight is 343 g/mol. The van der Waals surface area contributed by atoms with E-state index >= 15 is 0 Å². The first-order chi connectivity index (χ1) is 12.0. The van der Waals surface area contributed by atoms with Gasteiger partial charge in [-0.3, -0.25) is 4.68 Å². The lowest BCUT2D eigenvalue weighted by atomic mass is 10.2. The van der Waals surface area contributed by atoms with Crippen LogP contribution in [0.3, 0.4) is 0 Å². The Hall–Kier alpha value is -2.27. The summed E-state index contributed by atoms with van der Waals surface area (Å²) >= 11 is 0. The molecule has 0 spiro atoms. The Balaban J connectivity index is 1.80. The van der Waals surface area contributed by atoms with Crippen LogP contribution in [0.1, 0.15) is 30.3 Å². The van der Waals surface area contributed by atoms with Gasteiger partial charge in [0.2, 0.25) is 0 Å². The highest BCUT2D eigenvalue weighted by atomic mass is 16.5. The first kappa shape index (κ1) is 19.1. The first-order valence-corrected chi connectivity index (χ1v) is 8.65. The van der Waals surface area contributed by atoms with Crippen molar-refractivity contribution in [2.24, 2.45) is 0 Å². The van der Waals surface area contributed by atoms with E-state index in [4.69, 9.17) is 9.47 Å². The van der Waals surface area contributed by atoms with Gasteiger partial charge in [0.15, 0.2) is 11.5 Å². The Morgan fingerprint density at radius 2 is 2.04 bits per heavy atom. The lowest BCUT2D eigenvalue weighted by Gasteiger charge is -2.13. The van der Waals surface area contributed by atoms with E-state index in [-0.39, 0.29) is 0 Å². The molecule has 5 heteroatoms. The smallest absolute Gasteiger partial charge is 0.161 e. The Kier molecular flexibility index (Phi) is 7.07. The van der Waals surface area contributed by atoms with Crippen LogP contribution in [-0.2, 0) is 13.1 Å². The van der Waals surface area contributed by atoms with Crippen molar-refractivity contribution in [3.05, 3.63) is 53.4 Å². The number of aromatic nitrogens is 2. The summed E-state index contributed by atoms with van der Waals surface area (Å²) in [7, 11) is 1.65. The molecule has 2 rings (SSSR count). The van der Waals surface area contributed by atoms with Crippen LogP contribution in [0.2, 0.25) is 0 Å². The molecular formula is C20H29N3O2. The molecule has 1 aromatic heterocycles. The lowest BCUT2D eigenvalue weighted by molar-refractivity contribution is 0.319. The summed E-state index contributed by atoms with van der Waals surface area (Å²) in [6, 6.07) is 8.13. The van der Waals surface area contributed by atoms with Crippen LogP contribution >= 0.6 is 0 Å². The van der Waals surface area contributed by atoms with Crippen molar-refractivity contribution < 1.29 is 9.47 Å². The summed E-state index contributed by atoms with van der Waals surface area (Å²) in [5.41, 5.74) is 4.44. The molecule has 0 aliphatic heterocycles. The molecule has 1 heterocycles. The summed E-state index contributed by atoms with van der Waals surface area (Å²) < 4.78 is 13.2. The number of nitrogens with zero attached hydrogens (tertiary/aromatic N) is 2. The van der Waals surface area contributed by atoms with E-state index in [0.29, 0.717) is 6.61 Å². The van der Waals surface area contributed by atoms with Gasteiger partial charge in [-0.05, 0) is 63.1 Å². The zero-order chi connectivity index (χ0) is 18.2. The van der Waals surface area contributed by atoms with Gasteiger partial charge < -0.3 is 14.8 Å². The molecule has 0 aliphatic rings. The first-order valence-electron chi connectivity index (χ1n) is 8.65. The van der Waals surface area contributed by atoms with E-state index in [1.165, 1.54) is 11.3 Å². The Morgan fingerprint density at radius 3 is 2.68 bits per heavy atom. The molecule has 1 aromatic carbocycles. The Labute approximate surface area is 150 Å². The Bertz CT molecular complexity index is 707. The SMILES string of the molecule is C=C(C)COc1cc(CNCCCn2nc(C)cc2C)ccc1OC. The third kappa shape index (κ3) is 5.94. The summed E-state index contributed by atoms with van der Waals surface area (Å²) in [5.74, 6) is 1.50. The second kappa shape index (κ2) is 9.28. The molecule has 0 bridgehead atoms. The predicted molar refractivity (Wildman–Crippen MR) is 101 cm³/mol. The number of methoxy groups -OCH3 is 1. The van der Waals surface area contributed by atoms with Gasteiger partial charge in [-0.25, -0.2) is 0 Å². The van der Waals surface area contributed by atoms with E-state index in [0.717, 1.165) is 48.8 Å². The number of aryl methyl sites for hydroxylation is 3. The summed E-state index contributed by atoms with van der Waals surface area (Å²) in [6.07, 6.45) is 1.04. The van der Waals surface area contributed by atoms with Crippen molar-refractivity contribution in [3.63, 3.8) is 0 Å². The molecule has 5 nitrogen and oxygen atoms in total. The Morgan fingerprint density at radius 1 is 1.24 bits per heavy atom.